The van der Waals surface area contributed by atoms with Gasteiger partial charge in [-0.05, 0) is 60.2 Å². The van der Waals surface area contributed by atoms with E-state index >= 15 is 0 Å². The summed E-state index contributed by atoms with van der Waals surface area (Å²) in [6.07, 6.45) is 0.673. The maximum atomic E-state index is 13.6. The Balaban J connectivity index is 1.83. The highest BCUT2D eigenvalue weighted by Gasteiger charge is 2.29. The Bertz CT molecular complexity index is 1290. The van der Waals surface area contributed by atoms with Gasteiger partial charge in [0.2, 0.25) is 11.8 Å². The monoisotopic (exact) mass is 561 g/mol. The van der Waals surface area contributed by atoms with Crippen LogP contribution in [0.25, 0.3) is 11.1 Å². The van der Waals surface area contributed by atoms with Gasteiger partial charge in [-0.2, -0.15) is 0 Å². The molecule has 0 radical (unpaired) electrons. The van der Waals surface area contributed by atoms with Crippen LogP contribution in [0.3, 0.4) is 0 Å². The minimum Gasteiger partial charge on any atom is -0.493 e. The van der Waals surface area contributed by atoms with Crippen LogP contribution in [0.2, 0.25) is 0 Å². The van der Waals surface area contributed by atoms with Gasteiger partial charge in [-0.15, -0.1) is 0 Å². The Morgan fingerprint density at radius 1 is 0.805 bits per heavy atom. The summed E-state index contributed by atoms with van der Waals surface area (Å²) >= 11 is 0. The Morgan fingerprint density at radius 3 is 2.12 bits per heavy atom. The number of nitrogens with one attached hydrogen (secondary N) is 3. The van der Waals surface area contributed by atoms with Crippen LogP contribution >= 0.6 is 0 Å². The Morgan fingerprint density at radius 2 is 1.49 bits per heavy atom. The highest BCUT2D eigenvalue weighted by Crippen LogP contribution is 2.29. The van der Waals surface area contributed by atoms with Crippen LogP contribution in [0.1, 0.15) is 32.8 Å². The lowest BCUT2D eigenvalue weighted by molar-refractivity contribution is -0.129. The number of anilines is 1. The molecule has 3 aromatic carbocycles. The fourth-order valence-corrected chi connectivity index (χ4v) is 4.52. The van der Waals surface area contributed by atoms with Crippen molar-refractivity contribution in [3.63, 3.8) is 0 Å². The second-order valence-electron chi connectivity index (χ2n) is 10.4. The van der Waals surface area contributed by atoms with Gasteiger partial charge in [-0.3, -0.25) is 9.59 Å². The van der Waals surface area contributed by atoms with Crippen LogP contribution in [-0.4, -0.2) is 61.2 Å². The summed E-state index contributed by atoms with van der Waals surface area (Å²) in [6, 6.07) is 21.5. The quantitative estimate of drug-likeness (QED) is 0.191. The Hall–Kier alpha value is -4.02. The molecule has 0 bridgehead atoms. The second kappa shape index (κ2) is 15.1. The lowest BCUT2D eigenvalue weighted by Crippen LogP contribution is -2.55. The molecule has 0 spiro atoms. The van der Waals surface area contributed by atoms with Gasteiger partial charge < -0.3 is 35.5 Å². The molecule has 2 amide bonds. The van der Waals surface area contributed by atoms with Gasteiger partial charge in [-0.1, -0.05) is 62.4 Å². The predicted molar refractivity (Wildman–Crippen MR) is 162 cm³/mol. The number of benzene rings is 3. The van der Waals surface area contributed by atoms with E-state index in [9.17, 15) is 19.6 Å². The summed E-state index contributed by atoms with van der Waals surface area (Å²) in [4.78, 5) is 26.5. The first kappa shape index (κ1) is 31.5. The first-order valence-electron chi connectivity index (χ1n) is 13.7. The summed E-state index contributed by atoms with van der Waals surface area (Å²) in [5.74, 6) is -0.489. The first-order valence-corrected chi connectivity index (χ1v) is 13.7. The third-order valence-corrected chi connectivity index (χ3v) is 6.68. The maximum absolute atomic E-state index is 13.6. The molecular formula is C31H40BN3O6. The Kier molecular flexibility index (Phi) is 11.6. The topological polar surface area (TPSA) is 129 Å². The maximum Gasteiger partial charge on any atom is 0.475 e. The van der Waals surface area contributed by atoms with Crippen molar-refractivity contribution in [2.75, 3.05) is 19.5 Å². The molecule has 41 heavy (non-hydrogen) atoms. The molecule has 9 nitrogen and oxygen atoms in total. The van der Waals surface area contributed by atoms with Gasteiger partial charge in [0.05, 0.1) is 20.2 Å². The Labute approximate surface area is 242 Å². The van der Waals surface area contributed by atoms with Crippen LogP contribution in [0.15, 0.2) is 72.8 Å². The summed E-state index contributed by atoms with van der Waals surface area (Å²) in [6.45, 7) is 5.40. The number of carbonyl (C=O) groups is 2. The SMILES string of the molecule is COc1ccc(C[C@H](Nc2cccc(-c3ccccc3)c2)C(=O)N[C@@H](C)C(=O)N[C@@H](CC(C)C)B(O)O)cc1OC. The van der Waals surface area contributed by atoms with Gasteiger partial charge in [0, 0.05) is 12.1 Å². The van der Waals surface area contributed by atoms with E-state index in [4.69, 9.17) is 9.47 Å². The van der Waals surface area contributed by atoms with Crippen molar-refractivity contribution in [2.24, 2.45) is 5.92 Å². The fourth-order valence-electron chi connectivity index (χ4n) is 4.52. The minimum atomic E-state index is -1.71. The van der Waals surface area contributed by atoms with Crippen molar-refractivity contribution in [2.45, 2.75) is 51.6 Å². The molecule has 0 aliphatic rings. The zero-order valence-corrected chi connectivity index (χ0v) is 24.3. The summed E-state index contributed by atoms with van der Waals surface area (Å²) in [7, 11) is 1.40. The number of ether oxygens (including phenoxy) is 2. The normalized spacial score (nSPS) is 13.1. The van der Waals surface area contributed by atoms with Gasteiger partial charge in [0.15, 0.2) is 11.5 Å². The average molecular weight is 561 g/mol. The molecule has 3 atom stereocenters. The van der Waals surface area contributed by atoms with Gasteiger partial charge in [0.1, 0.15) is 12.1 Å². The van der Waals surface area contributed by atoms with E-state index < -0.39 is 37.0 Å². The minimum absolute atomic E-state index is 0.133. The summed E-state index contributed by atoms with van der Waals surface area (Å²) in [5, 5.41) is 28.2. The predicted octanol–water partition coefficient (Wildman–Crippen LogP) is 3.44. The van der Waals surface area contributed by atoms with E-state index in [0.717, 1.165) is 22.4 Å². The molecule has 5 N–H and O–H groups in total. The molecule has 0 aliphatic heterocycles. The third kappa shape index (κ3) is 9.26. The van der Waals surface area contributed by atoms with Crippen LogP contribution in [0, 0.1) is 5.92 Å². The van der Waals surface area contributed by atoms with Crippen molar-refractivity contribution in [3.8, 4) is 22.6 Å². The van der Waals surface area contributed by atoms with E-state index in [1.807, 2.05) is 80.6 Å². The zero-order chi connectivity index (χ0) is 29.9. The molecule has 0 aliphatic carbocycles. The number of amides is 2. The number of hydrogen-bond acceptors (Lipinski definition) is 7. The van der Waals surface area contributed by atoms with Crippen molar-refractivity contribution < 1.29 is 29.1 Å². The van der Waals surface area contributed by atoms with Crippen molar-refractivity contribution >= 4 is 24.6 Å². The molecule has 3 aromatic rings. The van der Waals surface area contributed by atoms with Crippen LogP contribution in [0.4, 0.5) is 5.69 Å². The molecule has 10 heteroatoms. The molecule has 0 fully saturated rings. The lowest BCUT2D eigenvalue weighted by atomic mass is 9.75. The van der Waals surface area contributed by atoms with Gasteiger partial charge in [-0.25, -0.2) is 0 Å². The molecule has 0 heterocycles. The van der Waals surface area contributed by atoms with E-state index in [-0.39, 0.29) is 5.92 Å². The highest BCUT2D eigenvalue weighted by atomic mass is 16.5. The van der Waals surface area contributed by atoms with Gasteiger partial charge >= 0.3 is 7.12 Å². The van der Waals surface area contributed by atoms with E-state index in [0.29, 0.717) is 24.3 Å². The molecule has 0 aromatic heterocycles. The first-order chi connectivity index (χ1) is 19.6. The third-order valence-electron chi connectivity index (χ3n) is 6.68. The average Bonchev–Trinajstić information content (AvgIpc) is 2.96. The summed E-state index contributed by atoms with van der Waals surface area (Å²) < 4.78 is 10.8. The second-order valence-corrected chi connectivity index (χ2v) is 10.4. The van der Waals surface area contributed by atoms with E-state index in [1.54, 1.807) is 27.2 Å². The van der Waals surface area contributed by atoms with Crippen LogP contribution in [0.5, 0.6) is 11.5 Å². The summed E-state index contributed by atoms with van der Waals surface area (Å²) in [5.41, 5.74) is 3.60. The van der Waals surface area contributed by atoms with E-state index in [2.05, 4.69) is 16.0 Å². The number of hydrogen-bond donors (Lipinski definition) is 5. The lowest BCUT2D eigenvalue weighted by Gasteiger charge is -2.25. The van der Waals surface area contributed by atoms with Crippen LogP contribution < -0.4 is 25.4 Å². The van der Waals surface area contributed by atoms with Crippen molar-refractivity contribution in [1.82, 2.24) is 10.6 Å². The van der Waals surface area contributed by atoms with Gasteiger partial charge in [0.25, 0.3) is 0 Å². The van der Waals surface area contributed by atoms with Crippen LogP contribution in [-0.2, 0) is 16.0 Å². The van der Waals surface area contributed by atoms with Crippen molar-refractivity contribution in [1.29, 1.82) is 0 Å². The molecule has 3 rings (SSSR count). The smallest absolute Gasteiger partial charge is 0.475 e. The van der Waals surface area contributed by atoms with E-state index in [1.165, 1.54) is 0 Å². The number of rotatable bonds is 14. The molecular weight excluding hydrogens is 521 g/mol. The number of carbonyl (C=O) groups excluding carboxylic acids is 2. The molecule has 218 valence electrons. The zero-order valence-electron chi connectivity index (χ0n) is 24.3. The fraction of sp³-hybridized carbons (Fsp3) is 0.355. The molecule has 0 saturated heterocycles. The largest absolute Gasteiger partial charge is 0.493 e. The highest BCUT2D eigenvalue weighted by molar-refractivity contribution is 6.43. The molecule has 0 unspecified atom stereocenters. The standard InChI is InChI=1S/C31H40BN3O6/c1-20(2)16-29(32(38)39)35-30(36)21(3)33-31(37)26(17-22-14-15-27(40-4)28(18-22)41-5)34-25-13-9-12-24(19-25)23-10-7-6-8-11-23/h6-15,18-21,26,29,34,38-39H,16-17H2,1-5H3,(H,33,37)(H,35,36)/t21-,26-,29-/m0/s1. The molecule has 0 saturated carbocycles. The number of methoxy groups -OCH3 is 2. The van der Waals surface area contributed by atoms with Crippen molar-refractivity contribution in [3.05, 3.63) is 78.4 Å².